The van der Waals surface area contributed by atoms with Gasteiger partial charge in [-0.25, -0.2) is 4.21 Å². The maximum absolute atomic E-state index is 14.0. The van der Waals surface area contributed by atoms with Crippen molar-refractivity contribution < 1.29 is 4.21 Å². The monoisotopic (exact) mass is 344 g/mol. The Labute approximate surface area is 145 Å². The van der Waals surface area contributed by atoms with Crippen molar-refractivity contribution >= 4 is 9.73 Å². The number of nitrogens with zero attached hydrogens (tertiary/aromatic N) is 1. The first kappa shape index (κ1) is 21.0. The average Bonchev–Trinajstić information content (AvgIpc) is 2.33. The standard InChI is InChI=1S/C19H40N2OS/c1-13(2)15-16(5,6)23(20,22)19(11,12)17(7,8)18(9,10)21(15)14(3)4/h13-15,20H,1-12H3. The van der Waals surface area contributed by atoms with E-state index in [0.29, 0.717) is 12.0 Å². The zero-order valence-electron chi connectivity index (χ0n) is 17.5. The quantitative estimate of drug-likeness (QED) is 0.753. The Bertz CT molecular complexity index is 554. The van der Waals surface area contributed by atoms with Gasteiger partial charge in [-0.05, 0) is 61.3 Å². The molecular formula is C19H40N2OS. The van der Waals surface area contributed by atoms with Gasteiger partial charge in [0, 0.05) is 23.0 Å². The van der Waals surface area contributed by atoms with E-state index in [1.165, 1.54) is 0 Å². The van der Waals surface area contributed by atoms with E-state index in [4.69, 9.17) is 4.78 Å². The zero-order chi connectivity index (χ0) is 18.8. The predicted octanol–water partition coefficient (Wildman–Crippen LogP) is 5.14. The molecule has 0 radical (unpaired) electrons. The molecule has 2 unspecified atom stereocenters. The summed E-state index contributed by atoms with van der Waals surface area (Å²) in [5, 5.41) is 0. The molecule has 0 spiro atoms. The summed E-state index contributed by atoms with van der Waals surface area (Å²) in [6.45, 7) is 26.0. The van der Waals surface area contributed by atoms with Crippen molar-refractivity contribution in [2.24, 2.45) is 11.3 Å². The molecule has 0 saturated carbocycles. The first-order chi connectivity index (χ1) is 9.89. The smallest absolute Gasteiger partial charge is 0.0645 e. The average molecular weight is 345 g/mol. The minimum Gasteiger partial charge on any atom is -0.291 e. The van der Waals surface area contributed by atoms with Crippen molar-refractivity contribution in [1.82, 2.24) is 4.90 Å². The van der Waals surface area contributed by atoms with Crippen LogP contribution in [0.1, 0.15) is 83.1 Å². The molecule has 1 rings (SSSR count). The second-order valence-electron chi connectivity index (χ2n) is 10.0. The Kier molecular flexibility index (Phi) is 4.97. The predicted molar refractivity (Wildman–Crippen MR) is 102 cm³/mol. The van der Waals surface area contributed by atoms with Crippen LogP contribution in [-0.2, 0) is 9.73 Å². The molecule has 0 aromatic heterocycles. The summed E-state index contributed by atoms with van der Waals surface area (Å²) < 4.78 is 21.8. The summed E-state index contributed by atoms with van der Waals surface area (Å²) in [5.74, 6) is 0.336. The van der Waals surface area contributed by atoms with Gasteiger partial charge < -0.3 is 0 Å². The van der Waals surface area contributed by atoms with Gasteiger partial charge in [0.05, 0.1) is 19.2 Å². The van der Waals surface area contributed by atoms with Crippen LogP contribution in [0.5, 0.6) is 0 Å². The van der Waals surface area contributed by atoms with Crippen LogP contribution >= 0.6 is 0 Å². The summed E-state index contributed by atoms with van der Waals surface area (Å²) >= 11 is 0. The van der Waals surface area contributed by atoms with E-state index in [0.717, 1.165) is 0 Å². The lowest BCUT2D eigenvalue weighted by molar-refractivity contribution is -0.0656. The van der Waals surface area contributed by atoms with E-state index in [-0.39, 0.29) is 17.0 Å². The lowest BCUT2D eigenvalue weighted by Gasteiger charge is -2.57. The lowest BCUT2D eigenvalue weighted by Crippen LogP contribution is -2.65. The van der Waals surface area contributed by atoms with Crippen LogP contribution in [0.15, 0.2) is 0 Å². The van der Waals surface area contributed by atoms with E-state index < -0.39 is 19.2 Å². The molecule has 1 fully saturated rings. The highest BCUT2D eigenvalue weighted by molar-refractivity contribution is 7.95. The molecule has 1 heterocycles. The fourth-order valence-corrected chi connectivity index (χ4v) is 8.03. The molecule has 1 aliphatic heterocycles. The minimum atomic E-state index is -2.86. The Morgan fingerprint density at radius 2 is 1.30 bits per heavy atom. The van der Waals surface area contributed by atoms with Crippen molar-refractivity contribution in [2.45, 2.75) is 110 Å². The third-order valence-corrected chi connectivity index (χ3v) is 11.0. The highest BCUT2D eigenvalue weighted by Gasteiger charge is 2.65. The van der Waals surface area contributed by atoms with Gasteiger partial charge in [0.1, 0.15) is 0 Å². The van der Waals surface area contributed by atoms with E-state index in [1.54, 1.807) is 0 Å². The van der Waals surface area contributed by atoms with Gasteiger partial charge >= 0.3 is 0 Å². The molecule has 4 heteroatoms. The van der Waals surface area contributed by atoms with Gasteiger partial charge in [-0.1, -0.05) is 27.7 Å². The van der Waals surface area contributed by atoms with E-state index in [2.05, 4.69) is 74.1 Å². The van der Waals surface area contributed by atoms with Crippen LogP contribution in [0.3, 0.4) is 0 Å². The summed E-state index contributed by atoms with van der Waals surface area (Å²) in [6, 6.07) is 0.434. The number of rotatable bonds is 2. The molecule has 138 valence electrons. The van der Waals surface area contributed by atoms with Crippen LogP contribution in [0.4, 0.5) is 0 Å². The van der Waals surface area contributed by atoms with Gasteiger partial charge in [0.2, 0.25) is 0 Å². The topological polar surface area (TPSA) is 44.2 Å². The summed E-state index contributed by atoms with van der Waals surface area (Å²) in [6.07, 6.45) is 0. The lowest BCUT2D eigenvalue weighted by atomic mass is 9.64. The maximum Gasteiger partial charge on any atom is 0.0645 e. The van der Waals surface area contributed by atoms with Crippen molar-refractivity contribution in [3.8, 4) is 0 Å². The molecule has 0 aliphatic carbocycles. The Balaban J connectivity index is 3.98. The molecule has 0 aromatic carbocycles. The van der Waals surface area contributed by atoms with Gasteiger partial charge in [0.15, 0.2) is 0 Å². The van der Waals surface area contributed by atoms with Gasteiger partial charge in [0.25, 0.3) is 0 Å². The minimum absolute atomic E-state index is 0.101. The highest BCUT2D eigenvalue weighted by atomic mass is 32.2. The molecule has 0 aromatic rings. The fourth-order valence-electron chi connectivity index (χ4n) is 5.02. The Morgan fingerprint density at radius 3 is 1.61 bits per heavy atom. The summed E-state index contributed by atoms with van der Waals surface area (Å²) in [5.41, 5.74) is -0.443. The van der Waals surface area contributed by atoms with Crippen molar-refractivity contribution in [3.63, 3.8) is 0 Å². The first-order valence-electron chi connectivity index (χ1n) is 8.95. The zero-order valence-corrected chi connectivity index (χ0v) is 18.3. The normalized spacial score (nSPS) is 36.2. The molecular weight excluding hydrogens is 304 g/mol. The Hall–Kier alpha value is -0.0900. The summed E-state index contributed by atoms with van der Waals surface area (Å²) in [7, 11) is -2.86. The molecule has 1 aliphatic rings. The SMILES string of the molecule is CC(C)C1N(C(C)C)C(C)(C)C(C)(C)C(C)(C)S(=N)(=O)C1(C)C. The van der Waals surface area contributed by atoms with Crippen molar-refractivity contribution in [2.75, 3.05) is 0 Å². The first-order valence-corrected chi connectivity index (χ1v) is 10.5. The molecule has 23 heavy (non-hydrogen) atoms. The van der Waals surface area contributed by atoms with Gasteiger partial charge in [-0.3, -0.25) is 9.68 Å². The molecule has 2 atom stereocenters. The second kappa shape index (κ2) is 5.45. The molecule has 1 saturated heterocycles. The van der Waals surface area contributed by atoms with Crippen molar-refractivity contribution in [1.29, 1.82) is 4.78 Å². The fraction of sp³-hybridized carbons (Fsp3) is 1.00. The van der Waals surface area contributed by atoms with Crippen LogP contribution in [0, 0.1) is 16.1 Å². The number of nitrogens with one attached hydrogen (secondary N) is 1. The van der Waals surface area contributed by atoms with Crippen LogP contribution in [-0.4, -0.2) is 36.2 Å². The van der Waals surface area contributed by atoms with Gasteiger partial charge in [-0.15, -0.1) is 0 Å². The van der Waals surface area contributed by atoms with E-state index in [9.17, 15) is 4.21 Å². The maximum atomic E-state index is 14.0. The third-order valence-electron chi connectivity index (χ3n) is 7.34. The van der Waals surface area contributed by atoms with Crippen LogP contribution < -0.4 is 0 Å². The largest absolute Gasteiger partial charge is 0.291 e. The molecule has 0 amide bonds. The highest BCUT2D eigenvalue weighted by Crippen LogP contribution is 2.57. The number of hydrogen-bond donors (Lipinski definition) is 1. The third kappa shape index (κ3) is 2.42. The number of hydrogen-bond acceptors (Lipinski definition) is 3. The van der Waals surface area contributed by atoms with Crippen LogP contribution in [0.2, 0.25) is 0 Å². The van der Waals surface area contributed by atoms with Crippen molar-refractivity contribution in [3.05, 3.63) is 0 Å². The van der Waals surface area contributed by atoms with E-state index in [1.807, 2.05) is 13.8 Å². The molecule has 1 N–H and O–H groups in total. The Morgan fingerprint density at radius 1 is 0.913 bits per heavy atom. The second-order valence-corrected chi connectivity index (χ2v) is 13.2. The van der Waals surface area contributed by atoms with Crippen LogP contribution in [0.25, 0.3) is 0 Å². The molecule has 3 nitrogen and oxygen atoms in total. The summed E-state index contributed by atoms with van der Waals surface area (Å²) in [4.78, 5) is 2.56. The molecule has 0 bridgehead atoms. The van der Waals surface area contributed by atoms with Gasteiger partial charge in [-0.2, -0.15) is 0 Å². The van der Waals surface area contributed by atoms with E-state index >= 15 is 0 Å².